The molecule has 3 rings (SSSR count). The van der Waals surface area contributed by atoms with Crippen molar-refractivity contribution in [2.75, 3.05) is 5.32 Å². The number of anilines is 1. The van der Waals surface area contributed by atoms with Crippen molar-refractivity contribution in [2.24, 2.45) is 0 Å². The van der Waals surface area contributed by atoms with Crippen LogP contribution in [0.2, 0.25) is 0 Å². The molecule has 0 aliphatic rings. The molecule has 1 amide bonds. The minimum absolute atomic E-state index is 0.0198. The maximum absolute atomic E-state index is 13.4. The Labute approximate surface area is 159 Å². The molecule has 8 heteroatoms. The summed E-state index contributed by atoms with van der Waals surface area (Å²) in [5.41, 5.74) is 0.630. The number of rotatable bonds is 5. The van der Waals surface area contributed by atoms with Crippen LogP contribution in [0.1, 0.15) is 21.5 Å². The maximum atomic E-state index is 13.4. The molecule has 28 heavy (non-hydrogen) atoms. The monoisotopic (exact) mass is 381 g/mol. The Kier molecular flexibility index (Phi) is 5.30. The first kappa shape index (κ1) is 19.0. The number of nitro benzene ring substituents is 1. The number of carbonyl (C=O) groups excluding carboxylic acids is 1. The molecule has 142 valence electrons. The summed E-state index contributed by atoms with van der Waals surface area (Å²) < 4.78 is 14.8. The fraction of sp³-hybridized carbons (Fsp3) is 0.100. The van der Waals surface area contributed by atoms with Crippen LogP contribution in [-0.4, -0.2) is 15.4 Å². The average Bonchev–Trinajstić information content (AvgIpc) is 2.66. The molecule has 2 aromatic carbocycles. The van der Waals surface area contributed by atoms with E-state index in [0.29, 0.717) is 6.54 Å². The number of aromatic nitrogens is 1. The highest BCUT2D eigenvalue weighted by molar-refractivity contribution is 6.04. The van der Waals surface area contributed by atoms with Crippen LogP contribution in [0.3, 0.4) is 0 Å². The molecular weight excluding hydrogens is 365 g/mol. The van der Waals surface area contributed by atoms with Crippen LogP contribution in [-0.2, 0) is 6.54 Å². The number of hydrogen-bond acceptors (Lipinski definition) is 4. The smallest absolute Gasteiger partial charge is 0.306 e. The Balaban J connectivity index is 1.85. The highest BCUT2D eigenvalue weighted by Crippen LogP contribution is 2.21. The zero-order valence-corrected chi connectivity index (χ0v) is 14.9. The number of nitrogens with zero attached hydrogens (tertiary/aromatic N) is 2. The quantitative estimate of drug-likeness (QED) is 0.541. The number of benzene rings is 2. The van der Waals surface area contributed by atoms with Crippen molar-refractivity contribution in [3.8, 4) is 0 Å². The second-order valence-electron chi connectivity index (χ2n) is 6.22. The largest absolute Gasteiger partial charge is 0.322 e. The molecule has 0 spiro atoms. The van der Waals surface area contributed by atoms with Gasteiger partial charge in [0.05, 0.1) is 11.5 Å². The number of pyridine rings is 1. The van der Waals surface area contributed by atoms with Gasteiger partial charge in [0.2, 0.25) is 5.82 Å². The van der Waals surface area contributed by atoms with Crippen LogP contribution >= 0.6 is 0 Å². The van der Waals surface area contributed by atoms with Gasteiger partial charge in [0.1, 0.15) is 5.56 Å². The van der Waals surface area contributed by atoms with Crippen LogP contribution in [0.25, 0.3) is 0 Å². The van der Waals surface area contributed by atoms with E-state index in [1.54, 1.807) is 12.3 Å². The molecule has 1 heterocycles. The van der Waals surface area contributed by atoms with Gasteiger partial charge in [-0.15, -0.1) is 0 Å². The van der Waals surface area contributed by atoms with Gasteiger partial charge in [-0.25, -0.2) is 0 Å². The molecule has 0 aliphatic carbocycles. The number of amides is 1. The van der Waals surface area contributed by atoms with E-state index in [9.17, 15) is 24.1 Å². The van der Waals surface area contributed by atoms with E-state index in [2.05, 4.69) is 5.32 Å². The van der Waals surface area contributed by atoms with Crippen molar-refractivity contribution in [1.82, 2.24) is 4.57 Å². The molecule has 7 nitrogen and oxygen atoms in total. The highest BCUT2D eigenvalue weighted by atomic mass is 19.1. The third-order valence-electron chi connectivity index (χ3n) is 4.14. The number of aryl methyl sites for hydroxylation is 1. The van der Waals surface area contributed by atoms with Gasteiger partial charge in [-0.05, 0) is 36.8 Å². The summed E-state index contributed by atoms with van der Waals surface area (Å²) in [4.78, 5) is 35.0. The van der Waals surface area contributed by atoms with Crippen LogP contribution in [0.4, 0.5) is 15.8 Å². The number of halogens is 1. The Bertz CT molecular complexity index is 1110. The van der Waals surface area contributed by atoms with Crippen molar-refractivity contribution >= 4 is 17.3 Å². The lowest BCUT2D eigenvalue weighted by Crippen LogP contribution is -2.29. The summed E-state index contributed by atoms with van der Waals surface area (Å²) in [5.74, 6) is -1.74. The number of nitrogens with one attached hydrogen (secondary N) is 1. The molecule has 0 saturated heterocycles. The van der Waals surface area contributed by atoms with Gasteiger partial charge in [0.15, 0.2) is 0 Å². The van der Waals surface area contributed by atoms with Gasteiger partial charge in [-0.2, -0.15) is 4.39 Å². The zero-order chi connectivity index (χ0) is 20.3. The fourth-order valence-electron chi connectivity index (χ4n) is 2.65. The average molecular weight is 381 g/mol. The summed E-state index contributed by atoms with van der Waals surface area (Å²) in [5, 5.41) is 13.2. The first-order chi connectivity index (χ1) is 13.3. The lowest BCUT2D eigenvalue weighted by Gasteiger charge is -2.09. The van der Waals surface area contributed by atoms with Gasteiger partial charge in [0, 0.05) is 18.0 Å². The summed E-state index contributed by atoms with van der Waals surface area (Å²) >= 11 is 0. The molecule has 0 unspecified atom stereocenters. The van der Waals surface area contributed by atoms with Gasteiger partial charge in [-0.1, -0.05) is 29.8 Å². The van der Waals surface area contributed by atoms with E-state index in [-0.39, 0.29) is 11.3 Å². The van der Waals surface area contributed by atoms with Crippen molar-refractivity contribution in [3.63, 3.8) is 0 Å². The fourth-order valence-corrected chi connectivity index (χ4v) is 2.65. The van der Waals surface area contributed by atoms with Gasteiger partial charge in [-0.3, -0.25) is 19.7 Å². The number of nitro groups is 1. The predicted octanol–water partition coefficient (Wildman–Crippen LogP) is 3.50. The Morgan fingerprint density at radius 3 is 2.57 bits per heavy atom. The van der Waals surface area contributed by atoms with Crippen molar-refractivity contribution in [1.29, 1.82) is 0 Å². The Hall–Kier alpha value is -3.81. The molecule has 0 radical (unpaired) electrons. The predicted molar refractivity (Wildman–Crippen MR) is 102 cm³/mol. The molecule has 3 aromatic rings. The minimum atomic E-state index is -1.01. The number of carbonyl (C=O) groups is 1. The highest BCUT2D eigenvalue weighted by Gasteiger charge is 2.17. The molecular formula is C20H16FN3O4. The van der Waals surface area contributed by atoms with Crippen molar-refractivity contribution in [2.45, 2.75) is 13.5 Å². The van der Waals surface area contributed by atoms with E-state index in [1.807, 2.05) is 31.2 Å². The van der Waals surface area contributed by atoms with Gasteiger partial charge in [0.25, 0.3) is 11.5 Å². The molecule has 1 N–H and O–H groups in total. The first-order valence-corrected chi connectivity index (χ1v) is 8.35. The number of hydrogen-bond donors (Lipinski definition) is 1. The molecule has 0 atom stereocenters. The summed E-state index contributed by atoms with van der Waals surface area (Å²) in [6, 6.07) is 13.6. The third-order valence-corrected chi connectivity index (χ3v) is 4.14. The normalized spacial score (nSPS) is 10.5. The van der Waals surface area contributed by atoms with E-state index >= 15 is 0 Å². The van der Waals surface area contributed by atoms with E-state index < -0.39 is 27.9 Å². The Morgan fingerprint density at radius 1 is 1.18 bits per heavy atom. The molecule has 0 saturated carbocycles. The van der Waals surface area contributed by atoms with E-state index in [4.69, 9.17) is 0 Å². The topological polar surface area (TPSA) is 94.2 Å². The summed E-state index contributed by atoms with van der Waals surface area (Å²) in [6.45, 7) is 2.25. The first-order valence-electron chi connectivity index (χ1n) is 8.35. The van der Waals surface area contributed by atoms with Gasteiger partial charge < -0.3 is 9.88 Å². The second-order valence-corrected chi connectivity index (χ2v) is 6.22. The molecule has 0 fully saturated rings. The zero-order valence-electron chi connectivity index (χ0n) is 14.9. The second kappa shape index (κ2) is 7.83. The third kappa shape index (κ3) is 4.12. The molecule has 0 bridgehead atoms. The lowest BCUT2D eigenvalue weighted by molar-refractivity contribution is -0.387. The van der Waals surface area contributed by atoms with E-state index in [0.717, 1.165) is 23.3 Å². The molecule has 1 aromatic heterocycles. The Morgan fingerprint density at radius 2 is 1.89 bits per heavy atom. The van der Waals surface area contributed by atoms with Crippen LogP contribution in [0, 0.1) is 22.9 Å². The van der Waals surface area contributed by atoms with E-state index in [1.165, 1.54) is 16.7 Å². The molecule has 0 aliphatic heterocycles. The van der Waals surface area contributed by atoms with Crippen molar-refractivity contribution < 1.29 is 14.1 Å². The van der Waals surface area contributed by atoms with Crippen LogP contribution in [0.15, 0.2) is 65.6 Å². The lowest BCUT2D eigenvalue weighted by atomic mass is 10.1. The maximum Gasteiger partial charge on any atom is 0.306 e. The SMILES string of the molecule is Cc1ccc(Cn2cccc(C(=O)Nc3ccc(F)c([N+](=O)[O-])c3)c2=O)cc1. The van der Waals surface area contributed by atoms with Crippen molar-refractivity contribution in [3.05, 3.63) is 104 Å². The standard InChI is InChI=1S/C20H16FN3O4/c1-13-4-6-14(7-5-13)12-23-10-2-3-16(20(23)26)19(25)22-15-8-9-17(21)18(11-15)24(27)28/h2-11H,12H2,1H3,(H,22,25). The van der Waals surface area contributed by atoms with Crippen LogP contribution < -0.4 is 10.9 Å². The van der Waals surface area contributed by atoms with Crippen LogP contribution in [0.5, 0.6) is 0 Å². The summed E-state index contributed by atoms with van der Waals surface area (Å²) in [6.07, 6.45) is 1.57. The minimum Gasteiger partial charge on any atom is -0.322 e. The summed E-state index contributed by atoms with van der Waals surface area (Å²) in [7, 11) is 0. The van der Waals surface area contributed by atoms with Gasteiger partial charge >= 0.3 is 5.69 Å².